The van der Waals surface area contributed by atoms with Crippen molar-refractivity contribution >= 4 is 24.5 Å². The Labute approximate surface area is 142 Å². The van der Waals surface area contributed by atoms with Gasteiger partial charge in [-0.25, -0.2) is 10.2 Å². The van der Waals surface area contributed by atoms with E-state index in [1.807, 2.05) is 5.43 Å². The van der Waals surface area contributed by atoms with E-state index in [4.69, 9.17) is 18.0 Å². The van der Waals surface area contributed by atoms with Crippen molar-refractivity contribution in [3.8, 4) is 11.6 Å². The Bertz CT molecular complexity index is 965. The molecule has 0 aliphatic heterocycles. The summed E-state index contributed by atoms with van der Waals surface area (Å²) < 4.78 is 39.0. The maximum atomic E-state index is 12.8. The van der Waals surface area contributed by atoms with Gasteiger partial charge in [0.25, 0.3) is 5.56 Å². The third-order valence-corrected chi connectivity index (χ3v) is 3.21. The predicted molar refractivity (Wildman–Crippen MR) is 84.2 cm³/mol. The smallest absolute Gasteiger partial charge is 0.416 e. The summed E-state index contributed by atoms with van der Waals surface area (Å²) in [6, 6.07) is 2.95. The van der Waals surface area contributed by atoms with Crippen LogP contribution < -0.4 is 16.7 Å². The van der Waals surface area contributed by atoms with Crippen molar-refractivity contribution in [1.82, 2.24) is 15.0 Å². The number of aromatic hydroxyl groups is 1. The lowest BCUT2D eigenvalue weighted by molar-refractivity contribution is -0.137. The normalized spacial score (nSPS) is 11.6. The van der Waals surface area contributed by atoms with E-state index in [1.54, 1.807) is 0 Å². The number of amides is 2. The average Bonchev–Trinajstić information content (AvgIpc) is 2.49. The van der Waals surface area contributed by atoms with Crippen molar-refractivity contribution in [2.24, 2.45) is 10.8 Å². The number of H-pyrrole nitrogens is 1. The number of halogens is 3. The summed E-state index contributed by atoms with van der Waals surface area (Å²) in [6.45, 7) is 0. The second-order valence-electron chi connectivity index (χ2n) is 4.61. The molecule has 2 aromatic rings. The van der Waals surface area contributed by atoms with Crippen molar-refractivity contribution in [3.05, 3.63) is 50.5 Å². The first-order valence-corrected chi connectivity index (χ1v) is 6.86. The Morgan fingerprint density at radius 2 is 2.12 bits per heavy atom. The summed E-state index contributed by atoms with van der Waals surface area (Å²) in [7, 11) is 0. The van der Waals surface area contributed by atoms with Gasteiger partial charge in [-0.05, 0) is 30.4 Å². The van der Waals surface area contributed by atoms with Gasteiger partial charge in [0.05, 0.1) is 17.5 Å². The number of aromatic amines is 1. The van der Waals surface area contributed by atoms with Crippen LogP contribution in [0.3, 0.4) is 0 Å². The number of carbonyl (C=O) groups is 1. The standard InChI is InChI=1S/C13H10F3N5O3S/c14-13(15,16)6-2-1-3-7(4-6)21-10(23)8(5-18-20-11(17)24)9(22)19-12(21)25/h1-5,23H,(H3,17,20,24)(H,19,22,25)/b18-5-. The number of nitrogens with two attached hydrogens (primary N) is 1. The number of hydrazone groups is 1. The van der Waals surface area contributed by atoms with Crippen LogP contribution in [-0.2, 0) is 6.18 Å². The molecule has 0 bridgehead atoms. The zero-order chi connectivity index (χ0) is 18.8. The number of alkyl halides is 3. The molecule has 0 saturated carbocycles. The minimum absolute atomic E-state index is 0.133. The molecule has 12 heteroatoms. The van der Waals surface area contributed by atoms with E-state index in [9.17, 15) is 27.9 Å². The fourth-order valence-electron chi connectivity index (χ4n) is 1.88. The zero-order valence-corrected chi connectivity index (χ0v) is 13.0. The third-order valence-electron chi connectivity index (χ3n) is 2.92. The molecule has 8 nitrogen and oxygen atoms in total. The van der Waals surface area contributed by atoms with E-state index in [0.29, 0.717) is 0 Å². The molecular weight excluding hydrogens is 363 g/mol. The largest absolute Gasteiger partial charge is 0.494 e. The van der Waals surface area contributed by atoms with E-state index >= 15 is 0 Å². The summed E-state index contributed by atoms with van der Waals surface area (Å²) in [5.41, 5.74) is 4.20. The van der Waals surface area contributed by atoms with Crippen LogP contribution in [-0.4, -0.2) is 26.9 Å². The number of primary amides is 1. The molecule has 0 fully saturated rings. The van der Waals surface area contributed by atoms with Crippen LogP contribution >= 0.6 is 12.2 Å². The maximum absolute atomic E-state index is 12.8. The van der Waals surface area contributed by atoms with Gasteiger partial charge in [0.15, 0.2) is 4.77 Å². The molecule has 132 valence electrons. The molecule has 0 atom stereocenters. The molecular formula is C13H10F3N5O3S. The van der Waals surface area contributed by atoms with Gasteiger partial charge in [0.1, 0.15) is 5.56 Å². The van der Waals surface area contributed by atoms with Crippen molar-refractivity contribution in [1.29, 1.82) is 0 Å². The lowest BCUT2D eigenvalue weighted by Gasteiger charge is -2.13. The first-order chi connectivity index (χ1) is 11.6. The highest BCUT2D eigenvalue weighted by Gasteiger charge is 2.30. The van der Waals surface area contributed by atoms with Crippen LogP contribution in [0.4, 0.5) is 18.0 Å². The Kier molecular flexibility index (Phi) is 4.92. The van der Waals surface area contributed by atoms with Gasteiger partial charge in [-0.1, -0.05) is 6.07 Å². The number of urea groups is 1. The van der Waals surface area contributed by atoms with Crippen molar-refractivity contribution in [2.75, 3.05) is 0 Å². The van der Waals surface area contributed by atoms with Gasteiger partial charge in [-0.2, -0.15) is 18.3 Å². The number of nitrogens with one attached hydrogen (secondary N) is 2. The lowest BCUT2D eigenvalue weighted by Crippen LogP contribution is -2.25. The van der Waals surface area contributed by atoms with E-state index in [1.165, 1.54) is 6.07 Å². The summed E-state index contributed by atoms with van der Waals surface area (Å²) in [5.74, 6) is -0.761. The molecule has 0 saturated heterocycles. The maximum Gasteiger partial charge on any atom is 0.416 e. The van der Waals surface area contributed by atoms with Crippen molar-refractivity contribution in [3.63, 3.8) is 0 Å². The van der Waals surface area contributed by atoms with E-state index in [2.05, 4.69) is 10.1 Å². The number of benzene rings is 1. The number of nitrogens with zero attached hydrogens (tertiary/aromatic N) is 2. The summed E-state index contributed by atoms with van der Waals surface area (Å²) in [4.78, 5) is 24.6. The third kappa shape index (κ3) is 4.03. The summed E-state index contributed by atoms with van der Waals surface area (Å²) in [6.07, 6.45) is -3.83. The van der Waals surface area contributed by atoms with E-state index in [0.717, 1.165) is 29.0 Å². The lowest BCUT2D eigenvalue weighted by atomic mass is 10.2. The van der Waals surface area contributed by atoms with Crippen LogP contribution in [0, 0.1) is 4.77 Å². The number of aromatic nitrogens is 2. The molecule has 2 rings (SSSR count). The Morgan fingerprint density at radius 1 is 1.44 bits per heavy atom. The predicted octanol–water partition coefficient (Wildman–Crippen LogP) is 1.62. The molecule has 25 heavy (non-hydrogen) atoms. The van der Waals surface area contributed by atoms with Crippen molar-refractivity contribution < 1.29 is 23.1 Å². The molecule has 0 aliphatic carbocycles. The summed E-state index contributed by atoms with van der Waals surface area (Å²) in [5, 5.41) is 13.5. The summed E-state index contributed by atoms with van der Waals surface area (Å²) >= 11 is 4.89. The van der Waals surface area contributed by atoms with Crippen molar-refractivity contribution in [2.45, 2.75) is 6.18 Å². The molecule has 1 aromatic heterocycles. The van der Waals surface area contributed by atoms with Crippen LogP contribution in [0.5, 0.6) is 5.88 Å². The monoisotopic (exact) mass is 373 g/mol. The minimum atomic E-state index is -4.61. The number of hydrogen-bond donors (Lipinski definition) is 4. The molecule has 0 aliphatic rings. The minimum Gasteiger partial charge on any atom is -0.494 e. The average molecular weight is 373 g/mol. The number of carbonyl (C=O) groups excluding carboxylic acids is 1. The molecule has 0 unspecified atom stereocenters. The second kappa shape index (κ2) is 6.76. The molecule has 1 heterocycles. The molecule has 1 aromatic carbocycles. The van der Waals surface area contributed by atoms with Crippen LogP contribution in [0.25, 0.3) is 5.69 Å². The number of hydrogen-bond acceptors (Lipinski definition) is 5. The first-order valence-electron chi connectivity index (χ1n) is 6.45. The van der Waals surface area contributed by atoms with Gasteiger partial charge in [-0.15, -0.1) is 0 Å². The highest BCUT2D eigenvalue weighted by Crippen LogP contribution is 2.31. The van der Waals surface area contributed by atoms with Crippen LogP contribution in [0.2, 0.25) is 0 Å². The van der Waals surface area contributed by atoms with Crippen LogP contribution in [0.1, 0.15) is 11.1 Å². The number of rotatable bonds is 3. The van der Waals surface area contributed by atoms with Gasteiger partial charge in [0, 0.05) is 0 Å². The first kappa shape index (κ1) is 18.2. The fraction of sp³-hybridized carbons (Fsp3) is 0.0769. The Morgan fingerprint density at radius 3 is 2.72 bits per heavy atom. The quantitative estimate of drug-likeness (QED) is 0.371. The van der Waals surface area contributed by atoms with Gasteiger partial charge >= 0.3 is 12.2 Å². The highest BCUT2D eigenvalue weighted by molar-refractivity contribution is 7.71. The topological polar surface area (TPSA) is 126 Å². The molecule has 0 radical (unpaired) electrons. The van der Waals surface area contributed by atoms with Gasteiger partial charge in [0.2, 0.25) is 5.88 Å². The fourth-order valence-corrected chi connectivity index (χ4v) is 2.16. The molecule has 2 amide bonds. The Balaban J connectivity index is 2.63. The van der Waals surface area contributed by atoms with Gasteiger partial charge in [-0.3, -0.25) is 14.3 Å². The Hall–Kier alpha value is -3.15. The molecule has 0 spiro atoms. The second-order valence-corrected chi connectivity index (χ2v) is 5.00. The zero-order valence-electron chi connectivity index (χ0n) is 12.2. The SMILES string of the molecule is NC(=O)N/N=C\c1c(O)n(-c2cccc(C(F)(F)F)c2)c(=S)[nH]c1=O. The van der Waals surface area contributed by atoms with Crippen LogP contribution in [0.15, 0.2) is 34.2 Å². The molecule has 5 N–H and O–H groups in total. The highest BCUT2D eigenvalue weighted by atomic mass is 32.1. The van der Waals surface area contributed by atoms with E-state index < -0.39 is 34.8 Å². The van der Waals surface area contributed by atoms with Gasteiger partial charge < -0.3 is 10.8 Å². The van der Waals surface area contributed by atoms with E-state index in [-0.39, 0.29) is 10.5 Å².